The van der Waals surface area contributed by atoms with Gasteiger partial charge in [-0.2, -0.15) is 13.5 Å². The van der Waals surface area contributed by atoms with Crippen LogP contribution in [0.3, 0.4) is 0 Å². The van der Waals surface area contributed by atoms with Gasteiger partial charge in [0, 0.05) is 6.57 Å². The van der Waals surface area contributed by atoms with E-state index in [0.29, 0.717) is 0 Å². The molecule has 0 heterocycles. The van der Waals surface area contributed by atoms with Gasteiger partial charge in [-0.15, -0.1) is 0 Å². The molecule has 0 amide bonds. The van der Waals surface area contributed by atoms with Crippen molar-refractivity contribution in [2.75, 3.05) is 0 Å². The minimum atomic E-state index is 0. The van der Waals surface area contributed by atoms with Crippen molar-refractivity contribution in [3.8, 4) is 6.57 Å². The van der Waals surface area contributed by atoms with Crippen molar-refractivity contribution in [2.24, 2.45) is 0 Å². The molecule has 0 rings (SSSR count). The Morgan fingerprint density at radius 2 is 1.00 bits per heavy atom. The summed E-state index contributed by atoms with van der Waals surface area (Å²) in [4.78, 5) is 0. The van der Waals surface area contributed by atoms with Crippen LogP contribution in [-0.4, -0.2) is 59.1 Å². The summed E-state index contributed by atoms with van der Waals surface area (Å²) >= 11 is 0. The molecule has 5 heavy (non-hydrogen) atoms. The second-order valence-corrected chi connectivity index (χ2v) is 0. The number of nitriles is 1. The summed E-state index contributed by atoms with van der Waals surface area (Å²) in [6.45, 7) is 3.50. The Morgan fingerprint density at radius 1 is 1.00 bits per heavy atom. The molecule has 0 aromatic carbocycles. The number of nitrogens with zero attached hydrogens (tertiary/aromatic N) is 1. The van der Waals surface area contributed by atoms with E-state index < -0.39 is 0 Å². The van der Waals surface area contributed by atoms with E-state index in [2.05, 4.69) is 6.57 Å². The van der Waals surface area contributed by atoms with Crippen molar-refractivity contribution in [3.05, 3.63) is 0 Å². The monoisotopic (exact) mass is 109 g/mol. The Bertz CT molecular complexity index is 14.4. The molecule has 0 aliphatic carbocycles. The summed E-state index contributed by atoms with van der Waals surface area (Å²) in [5.41, 5.74) is 0. The van der Waals surface area contributed by atoms with Crippen LogP contribution in [0.5, 0.6) is 0 Å². The number of hydrogen-bond donors (Lipinski definition) is 0. The first kappa shape index (κ1) is 28.9. The average Bonchev–Trinajstić information content (AvgIpc) is 1.00. The molecule has 0 aromatic heterocycles. The van der Waals surface area contributed by atoms with E-state index in [1.807, 2.05) is 0 Å². The molecular formula is CH5NNa2S. The Morgan fingerprint density at radius 3 is 1.00 bits per heavy atom. The van der Waals surface area contributed by atoms with Crippen LogP contribution >= 0.6 is 13.5 Å². The van der Waals surface area contributed by atoms with E-state index in [1.54, 1.807) is 0 Å². The quantitative estimate of drug-likeness (QED) is 0.364. The maximum atomic E-state index is 6.50. The summed E-state index contributed by atoms with van der Waals surface area (Å²) in [7, 11) is 0. The second-order valence-electron chi connectivity index (χ2n) is 0. The number of hydrogen-bond acceptors (Lipinski definition) is 1. The summed E-state index contributed by atoms with van der Waals surface area (Å²) < 4.78 is 0. The standard InChI is InChI=1S/CHN.2Na.H2S.2H/c1-2;;;;;/h1H;;;1H2;;. The zero-order valence-electron chi connectivity index (χ0n) is 1.52. The molecular weight excluding hydrogens is 104 g/mol. The van der Waals surface area contributed by atoms with Crippen molar-refractivity contribution in [1.29, 1.82) is 5.26 Å². The second kappa shape index (κ2) is 40.4. The summed E-state index contributed by atoms with van der Waals surface area (Å²) in [6.07, 6.45) is 0. The van der Waals surface area contributed by atoms with E-state index in [0.717, 1.165) is 0 Å². The summed E-state index contributed by atoms with van der Waals surface area (Å²) in [6, 6.07) is 0. The molecule has 0 spiro atoms. The molecule has 1 nitrogen and oxygen atoms in total. The van der Waals surface area contributed by atoms with Crippen LogP contribution in [-0.2, 0) is 0 Å². The van der Waals surface area contributed by atoms with Crippen molar-refractivity contribution in [2.45, 2.75) is 0 Å². The van der Waals surface area contributed by atoms with Gasteiger partial charge in [0.1, 0.15) is 0 Å². The minimum absolute atomic E-state index is 0. The van der Waals surface area contributed by atoms with Gasteiger partial charge in [-0.05, 0) is 0 Å². The molecule has 4 heteroatoms. The predicted octanol–water partition coefficient (Wildman–Crippen LogP) is -1.04. The van der Waals surface area contributed by atoms with Crippen LogP contribution in [0.25, 0.3) is 0 Å². The molecule has 0 saturated carbocycles. The molecule has 0 radical (unpaired) electrons. The Balaban J connectivity index is -0.00000000167. The first-order valence-corrected chi connectivity index (χ1v) is 0.258. The molecule has 0 aliphatic rings. The molecule has 0 fully saturated rings. The molecule has 0 atom stereocenters. The fraction of sp³-hybridized carbons (Fsp3) is 0. The SMILES string of the molecule is C#N.S.[NaH].[NaH]. The van der Waals surface area contributed by atoms with E-state index in [-0.39, 0.29) is 72.6 Å². The first-order chi connectivity index (χ1) is 1.00. The fourth-order valence-corrected chi connectivity index (χ4v) is 0. The fourth-order valence-electron chi connectivity index (χ4n) is 0. The van der Waals surface area contributed by atoms with E-state index in [1.165, 1.54) is 0 Å². The van der Waals surface area contributed by atoms with Gasteiger partial charge in [-0.3, -0.25) is 0 Å². The average molecular weight is 109 g/mol. The molecule has 0 bridgehead atoms. The molecule has 0 N–H and O–H groups in total. The molecule has 22 valence electrons. The normalized spacial score (nSPS) is 0.400. The van der Waals surface area contributed by atoms with Gasteiger partial charge in [0.05, 0.1) is 0 Å². The predicted molar refractivity (Wildman–Crippen MR) is 31.3 cm³/mol. The molecule has 0 aromatic rings. The van der Waals surface area contributed by atoms with Crippen LogP contribution in [0.15, 0.2) is 0 Å². The zero-order chi connectivity index (χ0) is 2.00. The first-order valence-electron chi connectivity index (χ1n) is 0.258. The van der Waals surface area contributed by atoms with Gasteiger partial charge in [-0.25, -0.2) is 5.26 Å². The zero-order valence-corrected chi connectivity index (χ0v) is 2.52. The van der Waals surface area contributed by atoms with Crippen LogP contribution in [0, 0.1) is 11.8 Å². The van der Waals surface area contributed by atoms with Gasteiger partial charge in [0.15, 0.2) is 0 Å². The van der Waals surface area contributed by atoms with Crippen molar-refractivity contribution >= 4 is 72.6 Å². The van der Waals surface area contributed by atoms with E-state index in [4.69, 9.17) is 5.26 Å². The van der Waals surface area contributed by atoms with Gasteiger partial charge < -0.3 is 0 Å². The van der Waals surface area contributed by atoms with E-state index >= 15 is 0 Å². The Kier molecular flexibility index (Phi) is 234. The van der Waals surface area contributed by atoms with Crippen molar-refractivity contribution in [1.82, 2.24) is 0 Å². The van der Waals surface area contributed by atoms with Gasteiger partial charge in [0.25, 0.3) is 0 Å². The molecule has 0 saturated heterocycles. The summed E-state index contributed by atoms with van der Waals surface area (Å²) in [5, 5.41) is 6.50. The van der Waals surface area contributed by atoms with Crippen molar-refractivity contribution in [3.63, 3.8) is 0 Å². The van der Waals surface area contributed by atoms with E-state index in [9.17, 15) is 0 Å². The Hall–Kier alpha value is 1.84. The number of rotatable bonds is 0. The molecule has 0 aliphatic heterocycles. The third-order valence-corrected chi connectivity index (χ3v) is 0. The van der Waals surface area contributed by atoms with Crippen LogP contribution < -0.4 is 0 Å². The molecule has 0 unspecified atom stereocenters. The van der Waals surface area contributed by atoms with Gasteiger partial charge in [0.2, 0.25) is 0 Å². The third kappa shape index (κ3) is 25.4. The van der Waals surface area contributed by atoms with Gasteiger partial charge >= 0.3 is 59.1 Å². The maximum absolute atomic E-state index is 6.50. The van der Waals surface area contributed by atoms with Crippen LogP contribution in [0.2, 0.25) is 0 Å². The van der Waals surface area contributed by atoms with Crippen LogP contribution in [0.1, 0.15) is 0 Å². The van der Waals surface area contributed by atoms with Crippen LogP contribution in [0.4, 0.5) is 0 Å². The Labute approximate surface area is 83.2 Å². The van der Waals surface area contributed by atoms with Gasteiger partial charge in [-0.1, -0.05) is 0 Å². The topological polar surface area (TPSA) is 23.8 Å². The summed E-state index contributed by atoms with van der Waals surface area (Å²) in [5.74, 6) is 0. The third-order valence-electron chi connectivity index (χ3n) is 0. The van der Waals surface area contributed by atoms with Crippen molar-refractivity contribution < 1.29 is 0 Å².